The number of anilines is 1. The summed E-state index contributed by atoms with van der Waals surface area (Å²) in [6.45, 7) is 6.79. The van der Waals surface area contributed by atoms with Crippen molar-refractivity contribution in [1.29, 1.82) is 0 Å². The van der Waals surface area contributed by atoms with E-state index in [0.29, 0.717) is 6.04 Å². The third-order valence-corrected chi connectivity index (χ3v) is 3.44. The molecule has 2 nitrogen and oxygen atoms in total. The normalized spacial score (nSPS) is 14.5. The van der Waals surface area contributed by atoms with Gasteiger partial charge in [0.25, 0.3) is 0 Å². The Morgan fingerprint density at radius 2 is 2.06 bits per heavy atom. The highest BCUT2D eigenvalue weighted by Crippen LogP contribution is 2.17. The fourth-order valence-corrected chi connectivity index (χ4v) is 1.91. The smallest absolute Gasteiger partial charge is 0.106 e. The molecule has 0 fully saturated rings. The largest absolute Gasteiger partial charge is 0.381 e. The van der Waals surface area contributed by atoms with Crippen LogP contribution < -0.4 is 5.32 Å². The molecule has 1 heterocycles. The summed E-state index contributed by atoms with van der Waals surface area (Å²) < 4.78 is 0.882. The molecule has 0 spiro atoms. The van der Waals surface area contributed by atoms with Crippen LogP contribution in [0, 0.1) is 5.92 Å². The molecule has 1 aromatic rings. The molecule has 0 bridgehead atoms. The SMILES string of the molecule is CCC(C)CC(CC)Nc1ccc(Br)nc1. The zero-order valence-corrected chi connectivity index (χ0v) is 11.9. The molecule has 1 N–H and O–H groups in total. The van der Waals surface area contributed by atoms with Gasteiger partial charge in [0.15, 0.2) is 0 Å². The fourth-order valence-electron chi connectivity index (χ4n) is 1.68. The van der Waals surface area contributed by atoms with Crippen molar-refractivity contribution < 1.29 is 0 Å². The maximum atomic E-state index is 4.22. The monoisotopic (exact) mass is 284 g/mol. The number of halogens is 1. The molecular formula is C13H21BrN2. The van der Waals surface area contributed by atoms with Crippen LogP contribution in [0.2, 0.25) is 0 Å². The van der Waals surface area contributed by atoms with E-state index in [1.54, 1.807) is 0 Å². The second kappa shape index (κ2) is 6.89. The number of nitrogens with one attached hydrogen (secondary N) is 1. The van der Waals surface area contributed by atoms with Crippen LogP contribution in [0.3, 0.4) is 0 Å². The zero-order chi connectivity index (χ0) is 12.0. The quantitative estimate of drug-likeness (QED) is 0.780. The lowest BCUT2D eigenvalue weighted by atomic mass is 9.98. The molecule has 0 aliphatic heterocycles. The molecule has 1 rings (SSSR count). The van der Waals surface area contributed by atoms with Gasteiger partial charge in [-0.2, -0.15) is 0 Å². The van der Waals surface area contributed by atoms with Crippen LogP contribution in [-0.2, 0) is 0 Å². The topological polar surface area (TPSA) is 24.9 Å². The Morgan fingerprint density at radius 3 is 2.56 bits per heavy atom. The van der Waals surface area contributed by atoms with E-state index in [0.717, 1.165) is 22.6 Å². The first-order chi connectivity index (χ1) is 7.65. The number of aromatic nitrogens is 1. The Balaban J connectivity index is 2.52. The van der Waals surface area contributed by atoms with Crippen LogP contribution in [0.25, 0.3) is 0 Å². The molecule has 0 aliphatic rings. The third kappa shape index (κ3) is 4.52. The Hall–Kier alpha value is -0.570. The van der Waals surface area contributed by atoms with Crippen molar-refractivity contribution >= 4 is 21.6 Å². The first-order valence-corrected chi connectivity index (χ1v) is 6.83. The Morgan fingerprint density at radius 1 is 1.31 bits per heavy atom. The first kappa shape index (κ1) is 13.5. The van der Waals surface area contributed by atoms with Crippen LogP contribution >= 0.6 is 15.9 Å². The number of nitrogens with zero attached hydrogens (tertiary/aromatic N) is 1. The molecular weight excluding hydrogens is 264 g/mol. The van der Waals surface area contributed by atoms with Gasteiger partial charge in [-0.05, 0) is 46.8 Å². The highest BCUT2D eigenvalue weighted by atomic mass is 79.9. The van der Waals surface area contributed by atoms with Gasteiger partial charge < -0.3 is 5.32 Å². The summed E-state index contributed by atoms with van der Waals surface area (Å²) in [5.74, 6) is 0.779. The van der Waals surface area contributed by atoms with Gasteiger partial charge in [-0.15, -0.1) is 0 Å². The number of hydrogen-bond acceptors (Lipinski definition) is 2. The van der Waals surface area contributed by atoms with Gasteiger partial charge >= 0.3 is 0 Å². The van der Waals surface area contributed by atoms with E-state index >= 15 is 0 Å². The highest BCUT2D eigenvalue weighted by molar-refractivity contribution is 9.10. The van der Waals surface area contributed by atoms with Crippen molar-refractivity contribution in [1.82, 2.24) is 4.98 Å². The first-order valence-electron chi connectivity index (χ1n) is 6.03. The molecule has 2 unspecified atom stereocenters. The van der Waals surface area contributed by atoms with Gasteiger partial charge in [0.2, 0.25) is 0 Å². The minimum atomic E-state index is 0.554. The minimum absolute atomic E-state index is 0.554. The zero-order valence-electron chi connectivity index (χ0n) is 10.3. The van der Waals surface area contributed by atoms with Crippen LogP contribution in [0.4, 0.5) is 5.69 Å². The van der Waals surface area contributed by atoms with Crippen molar-refractivity contribution in [2.45, 2.75) is 46.1 Å². The van der Waals surface area contributed by atoms with Crippen molar-refractivity contribution in [3.05, 3.63) is 22.9 Å². The van der Waals surface area contributed by atoms with Gasteiger partial charge in [0.05, 0.1) is 11.9 Å². The summed E-state index contributed by atoms with van der Waals surface area (Å²) in [5, 5.41) is 3.54. The van der Waals surface area contributed by atoms with Crippen molar-refractivity contribution in [2.75, 3.05) is 5.32 Å². The van der Waals surface area contributed by atoms with E-state index in [-0.39, 0.29) is 0 Å². The van der Waals surface area contributed by atoms with E-state index < -0.39 is 0 Å². The number of pyridine rings is 1. The molecule has 0 radical (unpaired) electrons. The third-order valence-electron chi connectivity index (χ3n) is 2.97. The summed E-state index contributed by atoms with van der Waals surface area (Å²) >= 11 is 3.34. The summed E-state index contributed by atoms with van der Waals surface area (Å²) in [7, 11) is 0. The molecule has 90 valence electrons. The molecule has 0 saturated heterocycles. The van der Waals surface area contributed by atoms with Crippen molar-refractivity contribution in [3.63, 3.8) is 0 Å². The summed E-state index contributed by atoms with van der Waals surface area (Å²) in [5.41, 5.74) is 1.11. The molecule has 0 aromatic carbocycles. The van der Waals surface area contributed by atoms with Gasteiger partial charge in [0.1, 0.15) is 4.60 Å². The molecule has 16 heavy (non-hydrogen) atoms. The van der Waals surface area contributed by atoms with Crippen molar-refractivity contribution in [2.24, 2.45) is 5.92 Å². The van der Waals surface area contributed by atoms with E-state index in [4.69, 9.17) is 0 Å². The van der Waals surface area contributed by atoms with Crippen molar-refractivity contribution in [3.8, 4) is 0 Å². The Labute approximate surface area is 107 Å². The second-order valence-electron chi connectivity index (χ2n) is 4.37. The molecule has 2 atom stereocenters. The van der Waals surface area contributed by atoms with Crippen LogP contribution in [0.15, 0.2) is 22.9 Å². The van der Waals surface area contributed by atoms with Gasteiger partial charge in [-0.3, -0.25) is 0 Å². The minimum Gasteiger partial charge on any atom is -0.381 e. The molecule has 0 amide bonds. The number of hydrogen-bond donors (Lipinski definition) is 1. The maximum Gasteiger partial charge on any atom is 0.106 e. The Kier molecular flexibility index (Phi) is 5.81. The van der Waals surface area contributed by atoms with Crippen LogP contribution in [-0.4, -0.2) is 11.0 Å². The van der Waals surface area contributed by atoms with Crippen LogP contribution in [0.1, 0.15) is 40.0 Å². The number of rotatable bonds is 6. The molecule has 0 saturated carbocycles. The Bertz CT molecular complexity index is 297. The molecule has 0 aliphatic carbocycles. The maximum absolute atomic E-state index is 4.22. The van der Waals surface area contributed by atoms with Gasteiger partial charge in [-0.1, -0.05) is 27.2 Å². The molecule has 3 heteroatoms. The summed E-state index contributed by atoms with van der Waals surface area (Å²) in [6, 6.07) is 4.59. The lowest BCUT2D eigenvalue weighted by Gasteiger charge is -2.21. The predicted molar refractivity (Wildman–Crippen MR) is 73.7 cm³/mol. The average Bonchev–Trinajstić information content (AvgIpc) is 2.30. The van der Waals surface area contributed by atoms with E-state index in [1.165, 1.54) is 12.8 Å². The summed E-state index contributed by atoms with van der Waals surface area (Å²) in [6.07, 6.45) is 5.50. The van der Waals surface area contributed by atoms with Crippen LogP contribution in [0.5, 0.6) is 0 Å². The summed E-state index contributed by atoms with van der Waals surface area (Å²) in [4.78, 5) is 4.22. The average molecular weight is 285 g/mol. The van der Waals surface area contributed by atoms with Gasteiger partial charge in [-0.25, -0.2) is 4.98 Å². The lowest BCUT2D eigenvalue weighted by Crippen LogP contribution is -2.21. The van der Waals surface area contributed by atoms with Gasteiger partial charge in [0, 0.05) is 6.04 Å². The predicted octanol–water partition coefficient (Wildman–Crippen LogP) is 4.47. The van der Waals surface area contributed by atoms with E-state index in [1.807, 2.05) is 12.3 Å². The van der Waals surface area contributed by atoms with E-state index in [9.17, 15) is 0 Å². The lowest BCUT2D eigenvalue weighted by molar-refractivity contribution is 0.461. The molecule has 1 aromatic heterocycles. The fraction of sp³-hybridized carbons (Fsp3) is 0.615. The second-order valence-corrected chi connectivity index (χ2v) is 5.18. The highest BCUT2D eigenvalue weighted by Gasteiger charge is 2.10. The standard InChI is InChI=1S/C13H21BrN2/c1-4-10(3)8-11(5-2)16-12-6-7-13(14)15-9-12/h6-7,9-11,16H,4-5,8H2,1-3H3. The van der Waals surface area contributed by atoms with E-state index in [2.05, 4.69) is 53.1 Å².